The number of alkyl halides is 3. The van der Waals surface area contributed by atoms with Crippen molar-refractivity contribution in [2.24, 2.45) is 11.7 Å². The summed E-state index contributed by atoms with van der Waals surface area (Å²) in [5.74, 6) is -0.698. The number of nitrogens with zero attached hydrogens (tertiary/aromatic N) is 1. The monoisotopic (exact) mass is 286 g/mol. The van der Waals surface area contributed by atoms with E-state index in [-0.39, 0.29) is 17.5 Å². The molecule has 1 atom stereocenters. The number of carbonyl (C=O) groups excluding carboxylic acids is 1. The van der Waals surface area contributed by atoms with Gasteiger partial charge in [-0.2, -0.15) is 13.2 Å². The molecule has 0 bridgehead atoms. The second kappa shape index (κ2) is 7.52. The molecule has 106 valence electrons. The Bertz CT molecular complexity index is 297. The zero-order chi connectivity index (χ0) is 14.3. The molecule has 0 aromatic heterocycles. The van der Waals surface area contributed by atoms with E-state index in [2.05, 4.69) is 4.74 Å². The fourth-order valence-electron chi connectivity index (χ4n) is 1.17. The minimum absolute atomic E-state index is 0.188. The molecule has 0 heterocycles. The van der Waals surface area contributed by atoms with E-state index in [4.69, 9.17) is 18.0 Å². The molecule has 0 aromatic carbocycles. The highest BCUT2D eigenvalue weighted by Crippen LogP contribution is 2.14. The molecule has 2 N–H and O–H groups in total. The quantitative estimate of drug-likeness (QED) is 0.718. The second-order valence-electron chi connectivity index (χ2n) is 3.84. The van der Waals surface area contributed by atoms with E-state index < -0.39 is 25.3 Å². The van der Waals surface area contributed by atoms with E-state index in [1.807, 2.05) is 0 Å². The Kier molecular flexibility index (Phi) is 7.15. The highest BCUT2D eigenvalue weighted by Gasteiger charge is 2.28. The first-order chi connectivity index (χ1) is 8.17. The topological polar surface area (TPSA) is 55.6 Å². The molecule has 0 saturated carbocycles. The molecular formula is C10H17F3N2O2S. The van der Waals surface area contributed by atoms with Crippen LogP contribution in [0.3, 0.4) is 0 Å². The smallest absolute Gasteiger partial charge is 0.393 e. The van der Waals surface area contributed by atoms with Gasteiger partial charge >= 0.3 is 6.18 Å². The van der Waals surface area contributed by atoms with Crippen LogP contribution < -0.4 is 5.73 Å². The van der Waals surface area contributed by atoms with Gasteiger partial charge in [0.2, 0.25) is 5.91 Å². The van der Waals surface area contributed by atoms with Crippen LogP contribution in [-0.2, 0) is 9.53 Å². The van der Waals surface area contributed by atoms with Gasteiger partial charge in [0, 0.05) is 19.0 Å². The average Bonchev–Trinajstić information content (AvgIpc) is 2.23. The van der Waals surface area contributed by atoms with E-state index in [9.17, 15) is 18.0 Å². The molecule has 8 heteroatoms. The lowest BCUT2D eigenvalue weighted by atomic mass is 10.1. The highest BCUT2D eigenvalue weighted by atomic mass is 32.1. The van der Waals surface area contributed by atoms with Gasteiger partial charge in [-0.25, -0.2) is 0 Å². The van der Waals surface area contributed by atoms with Crippen LogP contribution in [0.25, 0.3) is 0 Å². The summed E-state index contributed by atoms with van der Waals surface area (Å²) in [6, 6.07) is 0. The fraction of sp³-hybridized carbons (Fsp3) is 0.800. The summed E-state index contributed by atoms with van der Waals surface area (Å²) in [5.41, 5.74) is 5.41. The summed E-state index contributed by atoms with van der Waals surface area (Å²) >= 11 is 4.77. The zero-order valence-electron chi connectivity index (χ0n) is 10.3. The molecule has 0 rings (SSSR count). The van der Waals surface area contributed by atoms with Gasteiger partial charge in [-0.15, -0.1) is 0 Å². The Morgan fingerprint density at radius 3 is 2.44 bits per heavy atom. The lowest BCUT2D eigenvalue weighted by Gasteiger charge is -2.24. The lowest BCUT2D eigenvalue weighted by Crippen LogP contribution is -2.40. The van der Waals surface area contributed by atoms with Crippen LogP contribution >= 0.6 is 12.2 Å². The van der Waals surface area contributed by atoms with Crippen LogP contribution in [0.1, 0.15) is 13.8 Å². The van der Waals surface area contributed by atoms with Gasteiger partial charge in [0.05, 0.1) is 4.99 Å². The number of rotatable bonds is 7. The Morgan fingerprint density at radius 1 is 1.50 bits per heavy atom. The molecule has 0 aliphatic rings. The third kappa shape index (κ3) is 7.44. The standard InChI is InChI=1S/C10H17F3N2O2S/c1-3-15(4-7(2)9(14)18)8(16)5-17-6-10(11,12)13/h7H,3-6H2,1-2H3,(H2,14,18). The number of nitrogens with two attached hydrogens (primary N) is 1. The Morgan fingerprint density at radius 2 is 2.06 bits per heavy atom. The maximum absolute atomic E-state index is 11.8. The van der Waals surface area contributed by atoms with Crippen molar-refractivity contribution >= 4 is 23.1 Å². The molecule has 0 radical (unpaired) electrons. The van der Waals surface area contributed by atoms with Gasteiger partial charge in [-0.1, -0.05) is 19.1 Å². The molecule has 4 nitrogen and oxygen atoms in total. The van der Waals surface area contributed by atoms with E-state index >= 15 is 0 Å². The molecule has 1 unspecified atom stereocenters. The summed E-state index contributed by atoms with van der Waals surface area (Å²) in [6.45, 7) is 2.07. The molecule has 0 spiro atoms. The van der Waals surface area contributed by atoms with E-state index in [0.29, 0.717) is 6.54 Å². The first-order valence-corrected chi connectivity index (χ1v) is 5.79. The number of amides is 1. The fourth-order valence-corrected chi connectivity index (χ4v) is 1.25. The van der Waals surface area contributed by atoms with Crippen LogP contribution in [0.15, 0.2) is 0 Å². The molecule has 0 saturated heterocycles. The van der Waals surface area contributed by atoms with Crippen LogP contribution in [0.4, 0.5) is 13.2 Å². The van der Waals surface area contributed by atoms with E-state index in [1.54, 1.807) is 13.8 Å². The van der Waals surface area contributed by atoms with Crippen molar-refractivity contribution in [3.63, 3.8) is 0 Å². The van der Waals surface area contributed by atoms with Crippen LogP contribution in [0, 0.1) is 5.92 Å². The van der Waals surface area contributed by atoms with Gasteiger partial charge in [-0.05, 0) is 6.92 Å². The number of halogens is 3. The second-order valence-corrected chi connectivity index (χ2v) is 4.32. The number of ether oxygens (including phenoxy) is 1. The molecule has 0 aromatic rings. The first-order valence-electron chi connectivity index (χ1n) is 5.39. The van der Waals surface area contributed by atoms with Gasteiger partial charge in [0.15, 0.2) is 0 Å². The molecule has 1 amide bonds. The first kappa shape index (κ1) is 17.1. The van der Waals surface area contributed by atoms with Crippen molar-refractivity contribution in [1.29, 1.82) is 0 Å². The van der Waals surface area contributed by atoms with Gasteiger partial charge in [0.1, 0.15) is 13.2 Å². The third-order valence-corrected chi connectivity index (χ3v) is 2.61. The maximum atomic E-state index is 11.8. The summed E-state index contributed by atoms with van der Waals surface area (Å²) in [7, 11) is 0. The lowest BCUT2D eigenvalue weighted by molar-refractivity contribution is -0.177. The van der Waals surface area contributed by atoms with Crippen molar-refractivity contribution in [2.45, 2.75) is 20.0 Å². The van der Waals surface area contributed by atoms with Gasteiger partial charge in [0.25, 0.3) is 0 Å². The predicted octanol–water partition coefficient (Wildman–Crippen LogP) is 1.34. The van der Waals surface area contributed by atoms with E-state index in [1.165, 1.54) is 4.90 Å². The van der Waals surface area contributed by atoms with Crippen molar-refractivity contribution in [3.05, 3.63) is 0 Å². The number of hydrogen-bond donors (Lipinski definition) is 1. The Hall–Kier alpha value is -0.890. The minimum Gasteiger partial charge on any atom is -0.393 e. The Labute approximate surface area is 109 Å². The SMILES string of the molecule is CCN(CC(C)C(N)=S)C(=O)COCC(F)(F)F. The zero-order valence-corrected chi connectivity index (χ0v) is 11.1. The van der Waals surface area contributed by atoms with Crippen LogP contribution in [-0.4, -0.2) is 48.3 Å². The van der Waals surface area contributed by atoms with Crippen molar-refractivity contribution in [2.75, 3.05) is 26.3 Å². The van der Waals surface area contributed by atoms with Crippen molar-refractivity contribution in [3.8, 4) is 0 Å². The van der Waals surface area contributed by atoms with Gasteiger partial charge < -0.3 is 15.4 Å². The molecule has 0 fully saturated rings. The van der Waals surface area contributed by atoms with Crippen molar-refractivity contribution < 1.29 is 22.7 Å². The van der Waals surface area contributed by atoms with Gasteiger partial charge in [-0.3, -0.25) is 4.79 Å². The highest BCUT2D eigenvalue weighted by molar-refractivity contribution is 7.80. The molecule has 18 heavy (non-hydrogen) atoms. The number of thiocarbonyl (C=S) groups is 1. The summed E-state index contributed by atoms with van der Waals surface area (Å²) in [6.07, 6.45) is -4.43. The molecular weight excluding hydrogens is 269 g/mol. The number of likely N-dealkylation sites (N-methyl/N-ethyl adjacent to an activating group) is 1. The third-order valence-electron chi connectivity index (χ3n) is 2.21. The number of carbonyl (C=O) groups is 1. The molecule has 0 aliphatic heterocycles. The summed E-state index contributed by atoms with van der Waals surface area (Å²) in [5, 5.41) is 0. The van der Waals surface area contributed by atoms with Crippen LogP contribution in [0.5, 0.6) is 0 Å². The normalized spacial score (nSPS) is 13.2. The molecule has 0 aliphatic carbocycles. The average molecular weight is 286 g/mol. The van der Waals surface area contributed by atoms with Crippen LogP contribution in [0.2, 0.25) is 0 Å². The van der Waals surface area contributed by atoms with E-state index in [0.717, 1.165) is 0 Å². The number of hydrogen-bond acceptors (Lipinski definition) is 3. The predicted molar refractivity (Wildman–Crippen MR) is 65.1 cm³/mol. The Balaban J connectivity index is 4.15. The maximum Gasteiger partial charge on any atom is 0.411 e. The minimum atomic E-state index is -4.43. The van der Waals surface area contributed by atoms with Crippen molar-refractivity contribution in [1.82, 2.24) is 4.90 Å². The summed E-state index contributed by atoms with van der Waals surface area (Å²) < 4.78 is 39.8. The largest absolute Gasteiger partial charge is 0.411 e. The summed E-state index contributed by atoms with van der Waals surface area (Å²) in [4.78, 5) is 13.2.